The van der Waals surface area contributed by atoms with Gasteiger partial charge in [0.05, 0.1) is 11.3 Å². The molecule has 0 spiro atoms. The minimum atomic E-state index is -3.32. The maximum atomic E-state index is 15.5. The Bertz CT molecular complexity index is 1220. The van der Waals surface area contributed by atoms with Gasteiger partial charge >= 0.3 is 0 Å². The van der Waals surface area contributed by atoms with Gasteiger partial charge < -0.3 is 0 Å². The van der Waals surface area contributed by atoms with Crippen LogP contribution in [0.15, 0.2) is 18.2 Å². The molecule has 3 aliphatic rings. The molecule has 2 aromatic rings. The second-order valence-electron chi connectivity index (χ2n) is 14.5. The zero-order chi connectivity index (χ0) is 31.6. The van der Waals surface area contributed by atoms with Crippen LogP contribution in [0.25, 0.3) is 11.3 Å². The smallest absolute Gasteiger partial charge is 0.219 e. The Labute approximate surface area is 268 Å². The fourth-order valence-electron chi connectivity index (χ4n) is 7.42. The van der Waals surface area contributed by atoms with Crippen molar-refractivity contribution in [3.8, 4) is 11.3 Å². The Balaban J connectivity index is 1.07. The first-order chi connectivity index (χ1) is 21.8. The third-order valence-electron chi connectivity index (χ3n) is 10.7. The highest BCUT2D eigenvalue weighted by atomic mass is 19.3. The molecule has 1 nitrogen and oxygen atoms in total. The number of fused-ring (bicyclic) bond motifs is 1. The maximum Gasteiger partial charge on any atom is 0.280 e. The lowest BCUT2D eigenvalue weighted by Crippen LogP contribution is -2.33. The third kappa shape index (κ3) is 10.0. The van der Waals surface area contributed by atoms with Crippen LogP contribution in [0.4, 0.5) is 22.0 Å². The van der Waals surface area contributed by atoms with E-state index in [1.807, 2.05) is 0 Å². The van der Waals surface area contributed by atoms with Gasteiger partial charge in [-0.25, -0.2) is 22.5 Å². The summed E-state index contributed by atoms with van der Waals surface area (Å²) in [6, 6.07) is 4.29. The number of pyridine rings is 1. The molecule has 1 heterocycles. The first-order valence-corrected chi connectivity index (χ1v) is 18.4. The van der Waals surface area contributed by atoms with Gasteiger partial charge in [0.25, 0.3) is 5.92 Å². The van der Waals surface area contributed by atoms with E-state index >= 15 is 22.0 Å². The van der Waals surface area contributed by atoms with E-state index in [0.717, 1.165) is 50.4 Å². The van der Waals surface area contributed by atoms with Crippen LogP contribution in [0.1, 0.15) is 158 Å². The summed E-state index contributed by atoms with van der Waals surface area (Å²) in [5, 5.41) is 0. The number of alkyl halides is 2. The van der Waals surface area contributed by atoms with Gasteiger partial charge in [-0.15, -0.1) is 0 Å². The van der Waals surface area contributed by atoms with E-state index in [2.05, 4.69) is 4.98 Å². The molecule has 2 saturated carbocycles. The number of rotatable bonds is 21. The largest absolute Gasteiger partial charge is 0.280 e. The maximum absolute atomic E-state index is 15.5. The Kier molecular flexibility index (Phi) is 12.8. The first-order valence-electron chi connectivity index (χ1n) is 18.4. The summed E-state index contributed by atoms with van der Waals surface area (Å²) in [6.45, 7) is 0. The van der Waals surface area contributed by atoms with E-state index < -0.39 is 35.0 Å². The van der Waals surface area contributed by atoms with Crippen molar-refractivity contribution < 1.29 is 22.0 Å². The summed E-state index contributed by atoms with van der Waals surface area (Å²) in [7, 11) is 0. The topological polar surface area (TPSA) is 12.9 Å². The van der Waals surface area contributed by atoms with Gasteiger partial charge in [-0.3, -0.25) is 0 Å². The average molecular weight is 632 g/mol. The molecule has 5 rings (SSSR count). The Morgan fingerprint density at radius 3 is 1.73 bits per heavy atom. The predicted molar refractivity (Wildman–Crippen MR) is 173 cm³/mol. The summed E-state index contributed by atoms with van der Waals surface area (Å²) in [4.78, 5) is 3.76. The Morgan fingerprint density at radius 2 is 1.16 bits per heavy atom. The Morgan fingerprint density at radius 1 is 0.622 bits per heavy atom. The van der Waals surface area contributed by atoms with E-state index in [1.54, 1.807) is 0 Å². The first kappa shape index (κ1) is 34.4. The van der Waals surface area contributed by atoms with Crippen molar-refractivity contribution in [3.63, 3.8) is 0 Å². The molecule has 45 heavy (non-hydrogen) atoms. The van der Waals surface area contributed by atoms with Crippen LogP contribution < -0.4 is 0 Å². The lowest BCUT2D eigenvalue weighted by Gasteiger charge is -2.33. The van der Waals surface area contributed by atoms with Crippen LogP contribution in [-0.4, -0.2) is 4.98 Å². The lowest BCUT2D eigenvalue weighted by atomic mass is 9.78. The minimum absolute atomic E-state index is 0.123. The highest BCUT2D eigenvalue weighted by molar-refractivity contribution is 5.62. The summed E-state index contributed by atoms with van der Waals surface area (Å²) in [5.41, 5.74) is -0.508. The summed E-state index contributed by atoms with van der Waals surface area (Å²) >= 11 is 0. The zero-order valence-corrected chi connectivity index (χ0v) is 27.3. The van der Waals surface area contributed by atoms with Crippen molar-refractivity contribution in [3.05, 3.63) is 52.5 Å². The fraction of sp³-hybridized carbons (Fsp3) is 0.718. The normalized spacial score (nSPS) is 19.2. The number of nitrogens with zero attached hydrogens (tertiary/aromatic N) is 1. The van der Waals surface area contributed by atoms with Gasteiger partial charge in [0.15, 0.2) is 11.6 Å². The highest BCUT2D eigenvalue weighted by Gasteiger charge is 2.48. The van der Waals surface area contributed by atoms with Crippen LogP contribution >= 0.6 is 0 Å². The molecule has 0 bridgehead atoms. The number of hydrogen-bond donors (Lipinski definition) is 0. The molecule has 6 heteroatoms. The average Bonchev–Trinajstić information content (AvgIpc) is 3.94. The molecular formula is C39H54F5N. The number of benzene rings is 1. The second kappa shape index (κ2) is 16.7. The van der Waals surface area contributed by atoms with Crippen LogP contribution in [0.3, 0.4) is 0 Å². The molecular weight excluding hydrogens is 577 g/mol. The van der Waals surface area contributed by atoms with E-state index in [1.165, 1.54) is 102 Å². The van der Waals surface area contributed by atoms with Gasteiger partial charge in [0.2, 0.25) is 5.95 Å². The van der Waals surface area contributed by atoms with Crippen LogP contribution in [0.2, 0.25) is 0 Å². The second-order valence-corrected chi connectivity index (χ2v) is 14.5. The number of halogens is 5. The summed E-state index contributed by atoms with van der Waals surface area (Å²) in [6.07, 6.45) is 25.2. The van der Waals surface area contributed by atoms with E-state index in [-0.39, 0.29) is 29.7 Å². The Hall–Kier alpha value is -1.98. The van der Waals surface area contributed by atoms with Gasteiger partial charge in [-0.05, 0) is 67.2 Å². The van der Waals surface area contributed by atoms with Crippen molar-refractivity contribution in [1.29, 1.82) is 0 Å². The molecule has 0 saturated heterocycles. The van der Waals surface area contributed by atoms with Crippen LogP contribution in [0.5, 0.6) is 0 Å². The molecule has 1 aromatic heterocycles. The monoisotopic (exact) mass is 631 g/mol. The van der Waals surface area contributed by atoms with Gasteiger partial charge in [0, 0.05) is 11.5 Å². The molecule has 1 aromatic carbocycles. The SMILES string of the molecule is Fc1nc(-c2ccc(CCCCCCCCCC3CC3)c(F)c2F)cc2c1C(F)(F)C(CCCCCCCCCC1CC1)CC2. The van der Waals surface area contributed by atoms with Gasteiger partial charge in [0.1, 0.15) is 0 Å². The molecule has 2 fully saturated rings. The van der Waals surface area contributed by atoms with Crippen molar-refractivity contribution >= 4 is 0 Å². The number of aromatic nitrogens is 1. The molecule has 0 aliphatic heterocycles. The molecule has 0 radical (unpaired) electrons. The van der Waals surface area contributed by atoms with Gasteiger partial charge in [-0.2, -0.15) is 4.39 Å². The predicted octanol–water partition coefficient (Wildman–Crippen LogP) is 12.8. The standard InChI is InChI=1S/C39H54F5N/c40-36-30(17-13-9-5-1-3-7-11-15-28-19-20-28)24-26-33(37(36)41)34-27-31-23-25-32(39(43,44)35(31)38(42)45-34)18-14-10-6-2-4-8-12-16-29-21-22-29/h24,26-29,32H,1-23,25H2. The summed E-state index contributed by atoms with van der Waals surface area (Å²) in [5.74, 6) is -5.56. The summed E-state index contributed by atoms with van der Waals surface area (Å²) < 4.78 is 76.4. The molecule has 250 valence electrons. The number of unbranched alkanes of at least 4 members (excludes halogenated alkanes) is 12. The zero-order valence-electron chi connectivity index (χ0n) is 27.3. The quantitative estimate of drug-likeness (QED) is 0.0759. The third-order valence-corrected chi connectivity index (χ3v) is 10.7. The molecule has 0 amide bonds. The molecule has 0 N–H and O–H groups in total. The fourth-order valence-corrected chi connectivity index (χ4v) is 7.42. The van der Waals surface area contributed by atoms with Crippen LogP contribution in [0, 0.1) is 35.3 Å². The van der Waals surface area contributed by atoms with E-state index in [0.29, 0.717) is 24.8 Å². The van der Waals surface area contributed by atoms with E-state index in [9.17, 15) is 0 Å². The van der Waals surface area contributed by atoms with E-state index in [4.69, 9.17) is 0 Å². The van der Waals surface area contributed by atoms with Crippen molar-refractivity contribution in [2.24, 2.45) is 17.8 Å². The van der Waals surface area contributed by atoms with Crippen molar-refractivity contribution in [1.82, 2.24) is 4.98 Å². The molecule has 1 atom stereocenters. The van der Waals surface area contributed by atoms with Gasteiger partial charge in [-0.1, -0.05) is 128 Å². The molecule has 3 aliphatic carbocycles. The highest BCUT2D eigenvalue weighted by Crippen LogP contribution is 2.48. The number of aryl methyl sites for hydroxylation is 2. The molecule has 1 unspecified atom stereocenters. The van der Waals surface area contributed by atoms with Crippen molar-refractivity contribution in [2.45, 2.75) is 160 Å². The number of hydrogen-bond acceptors (Lipinski definition) is 1. The minimum Gasteiger partial charge on any atom is -0.219 e. The van der Waals surface area contributed by atoms with Crippen molar-refractivity contribution in [2.75, 3.05) is 0 Å². The van der Waals surface area contributed by atoms with Crippen LogP contribution in [-0.2, 0) is 18.8 Å². The lowest BCUT2D eigenvalue weighted by molar-refractivity contribution is -0.0824.